The molecule has 1 atom stereocenters. The van der Waals surface area contributed by atoms with Gasteiger partial charge in [0.25, 0.3) is 0 Å². The Morgan fingerprint density at radius 2 is 2.11 bits per heavy atom. The van der Waals surface area contributed by atoms with Crippen LogP contribution < -0.4 is 4.74 Å². The second-order valence-corrected chi connectivity index (χ2v) is 8.59. The summed E-state index contributed by atoms with van der Waals surface area (Å²) in [7, 11) is 3.59. The molecule has 1 amide bonds. The summed E-state index contributed by atoms with van der Waals surface area (Å²) in [6.07, 6.45) is 4.50. The first-order chi connectivity index (χ1) is 13.6. The number of imidazole rings is 1. The number of thioether (sulfide) groups is 1. The van der Waals surface area contributed by atoms with Crippen LogP contribution in [0, 0.1) is 0 Å². The first kappa shape index (κ1) is 20.5. The van der Waals surface area contributed by atoms with Gasteiger partial charge < -0.3 is 14.2 Å². The number of ether oxygens (including phenoxy) is 1. The van der Waals surface area contributed by atoms with Crippen LogP contribution in [0.15, 0.2) is 59.3 Å². The van der Waals surface area contributed by atoms with Crippen LogP contribution in [0.1, 0.15) is 17.4 Å². The Hall–Kier alpha value is -2.25. The van der Waals surface area contributed by atoms with E-state index in [-0.39, 0.29) is 11.9 Å². The van der Waals surface area contributed by atoms with Crippen molar-refractivity contribution >= 4 is 29.0 Å². The highest BCUT2D eigenvalue weighted by Crippen LogP contribution is 2.21. The Kier molecular flexibility index (Phi) is 7.17. The maximum Gasteiger partial charge on any atom is 0.233 e. The quantitative estimate of drug-likeness (QED) is 0.491. The minimum atomic E-state index is 0.107. The molecule has 0 saturated carbocycles. The van der Waals surface area contributed by atoms with Gasteiger partial charge in [-0.2, -0.15) is 0 Å². The van der Waals surface area contributed by atoms with Crippen LogP contribution in [0.4, 0.5) is 0 Å². The number of nitrogens with zero attached hydrogens (tertiary/aromatic N) is 3. The monoisotopic (exact) mass is 415 g/mol. The third-order valence-corrected chi connectivity index (χ3v) is 6.48. The highest BCUT2D eigenvalue weighted by atomic mass is 32.2. The van der Waals surface area contributed by atoms with Gasteiger partial charge in [-0.05, 0) is 36.1 Å². The van der Waals surface area contributed by atoms with E-state index in [0.29, 0.717) is 12.3 Å². The van der Waals surface area contributed by atoms with Gasteiger partial charge in [0.15, 0.2) is 5.16 Å². The van der Waals surface area contributed by atoms with Crippen molar-refractivity contribution in [1.29, 1.82) is 0 Å². The molecule has 0 saturated heterocycles. The zero-order chi connectivity index (χ0) is 19.9. The molecule has 0 N–H and O–H groups in total. The second kappa shape index (κ2) is 9.80. The van der Waals surface area contributed by atoms with Gasteiger partial charge in [0.2, 0.25) is 5.91 Å². The first-order valence-corrected chi connectivity index (χ1v) is 11.0. The maximum absolute atomic E-state index is 13.1. The number of carbonyl (C=O) groups is 1. The predicted octanol–water partition coefficient (Wildman–Crippen LogP) is 4.24. The summed E-state index contributed by atoms with van der Waals surface area (Å²) in [6, 6.07) is 12.2. The molecule has 3 rings (SSSR count). The fourth-order valence-corrected chi connectivity index (χ4v) is 4.59. The van der Waals surface area contributed by atoms with E-state index in [4.69, 9.17) is 4.74 Å². The summed E-state index contributed by atoms with van der Waals surface area (Å²) in [4.78, 5) is 20.7. The molecule has 5 nitrogen and oxygen atoms in total. The van der Waals surface area contributed by atoms with E-state index in [1.165, 1.54) is 16.6 Å². The third-order valence-electron chi connectivity index (χ3n) is 4.54. The van der Waals surface area contributed by atoms with Gasteiger partial charge in [0.05, 0.1) is 12.9 Å². The molecule has 3 aromatic rings. The lowest BCUT2D eigenvalue weighted by atomic mass is 10.1. The number of amides is 1. The smallest absolute Gasteiger partial charge is 0.233 e. The molecule has 0 aliphatic heterocycles. The van der Waals surface area contributed by atoms with Crippen molar-refractivity contribution in [2.24, 2.45) is 7.05 Å². The van der Waals surface area contributed by atoms with Crippen molar-refractivity contribution < 1.29 is 9.53 Å². The van der Waals surface area contributed by atoms with E-state index in [2.05, 4.69) is 29.4 Å². The Balaban J connectivity index is 1.71. The molecule has 0 radical (unpaired) electrons. The van der Waals surface area contributed by atoms with Crippen molar-refractivity contribution in [2.45, 2.75) is 31.1 Å². The molecule has 0 spiro atoms. The normalized spacial score (nSPS) is 12.0. The second-order valence-electron chi connectivity index (χ2n) is 6.61. The van der Waals surface area contributed by atoms with E-state index in [0.717, 1.165) is 22.9 Å². The number of hydrogen-bond acceptors (Lipinski definition) is 5. The number of aryl methyl sites for hydroxylation is 1. The fraction of sp³-hybridized carbons (Fsp3) is 0.333. The summed E-state index contributed by atoms with van der Waals surface area (Å²) >= 11 is 3.21. The Labute approximate surface area is 174 Å². The van der Waals surface area contributed by atoms with Crippen LogP contribution >= 0.6 is 23.1 Å². The standard InChI is InChI=1S/C21H25N3O2S2/c1-16(13-19-5-4-12-27-19)24(14-17-6-8-18(26-3)9-7-17)20(25)15-28-21-22-10-11-23(21)2/h4-12,16H,13-15H2,1-3H3/t16-/m1/s1. The van der Waals surface area contributed by atoms with E-state index >= 15 is 0 Å². The molecule has 0 aliphatic rings. The lowest BCUT2D eigenvalue weighted by molar-refractivity contribution is -0.131. The molecule has 7 heteroatoms. The predicted molar refractivity (Wildman–Crippen MR) is 115 cm³/mol. The third kappa shape index (κ3) is 5.39. The molecule has 0 aliphatic carbocycles. The molecule has 0 unspecified atom stereocenters. The minimum Gasteiger partial charge on any atom is -0.497 e. The van der Waals surface area contributed by atoms with Crippen LogP contribution in [0.25, 0.3) is 0 Å². The number of aromatic nitrogens is 2. The number of thiophene rings is 1. The largest absolute Gasteiger partial charge is 0.497 e. The summed E-state index contributed by atoms with van der Waals surface area (Å²) in [5, 5.41) is 2.93. The van der Waals surface area contributed by atoms with Crippen molar-refractivity contribution in [3.05, 3.63) is 64.6 Å². The number of rotatable bonds is 9. The average molecular weight is 416 g/mol. The number of benzene rings is 1. The number of methoxy groups -OCH3 is 1. The average Bonchev–Trinajstić information content (AvgIpc) is 3.36. The van der Waals surface area contributed by atoms with Crippen molar-refractivity contribution in [3.63, 3.8) is 0 Å². The van der Waals surface area contributed by atoms with Crippen LogP contribution in [-0.4, -0.2) is 39.3 Å². The zero-order valence-corrected chi connectivity index (χ0v) is 18.0. The van der Waals surface area contributed by atoms with Gasteiger partial charge in [-0.1, -0.05) is 30.0 Å². The molecule has 148 valence electrons. The summed E-state index contributed by atoms with van der Waals surface area (Å²) in [5.74, 6) is 1.31. The van der Waals surface area contributed by atoms with Crippen LogP contribution in [0.5, 0.6) is 5.75 Å². The van der Waals surface area contributed by atoms with Crippen molar-refractivity contribution in [3.8, 4) is 5.75 Å². The molecule has 1 aromatic carbocycles. The van der Waals surface area contributed by atoms with Gasteiger partial charge in [0, 0.05) is 43.3 Å². The van der Waals surface area contributed by atoms with E-state index in [1.54, 1.807) is 24.6 Å². The van der Waals surface area contributed by atoms with Crippen LogP contribution in [-0.2, 0) is 24.8 Å². The van der Waals surface area contributed by atoms with E-state index in [9.17, 15) is 4.79 Å². The van der Waals surface area contributed by atoms with Crippen LogP contribution in [0.3, 0.4) is 0 Å². The highest BCUT2D eigenvalue weighted by molar-refractivity contribution is 7.99. The Bertz CT molecular complexity index is 875. The Morgan fingerprint density at radius 3 is 2.71 bits per heavy atom. The van der Waals surface area contributed by atoms with Gasteiger partial charge in [0.1, 0.15) is 5.75 Å². The molecule has 0 fully saturated rings. The van der Waals surface area contributed by atoms with Crippen molar-refractivity contribution in [2.75, 3.05) is 12.9 Å². The Morgan fingerprint density at radius 1 is 1.32 bits per heavy atom. The molecular formula is C21H25N3O2S2. The number of hydrogen-bond donors (Lipinski definition) is 0. The maximum atomic E-state index is 13.1. The van der Waals surface area contributed by atoms with Gasteiger partial charge in [-0.3, -0.25) is 4.79 Å². The van der Waals surface area contributed by atoms with Gasteiger partial charge >= 0.3 is 0 Å². The first-order valence-electron chi connectivity index (χ1n) is 9.11. The van der Waals surface area contributed by atoms with Gasteiger partial charge in [-0.15, -0.1) is 11.3 Å². The lowest BCUT2D eigenvalue weighted by Crippen LogP contribution is -2.40. The highest BCUT2D eigenvalue weighted by Gasteiger charge is 2.22. The minimum absolute atomic E-state index is 0.107. The fourth-order valence-electron chi connectivity index (χ4n) is 2.95. The lowest BCUT2D eigenvalue weighted by Gasteiger charge is -2.29. The molecule has 2 aromatic heterocycles. The van der Waals surface area contributed by atoms with Crippen molar-refractivity contribution in [1.82, 2.24) is 14.5 Å². The topological polar surface area (TPSA) is 47.4 Å². The molecular weight excluding hydrogens is 390 g/mol. The van der Waals surface area contributed by atoms with Crippen LogP contribution in [0.2, 0.25) is 0 Å². The molecule has 0 bridgehead atoms. The molecule has 28 heavy (non-hydrogen) atoms. The van der Waals surface area contributed by atoms with E-state index < -0.39 is 0 Å². The summed E-state index contributed by atoms with van der Waals surface area (Å²) in [6.45, 7) is 2.70. The number of carbonyl (C=O) groups excluding carboxylic acids is 1. The SMILES string of the molecule is COc1ccc(CN(C(=O)CSc2nccn2C)[C@H](C)Cc2cccs2)cc1. The summed E-state index contributed by atoms with van der Waals surface area (Å²) < 4.78 is 7.17. The molecule has 2 heterocycles. The zero-order valence-electron chi connectivity index (χ0n) is 16.4. The summed E-state index contributed by atoms with van der Waals surface area (Å²) in [5.41, 5.74) is 1.09. The van der Waals surface area contributed by atoms with Gasteiger partial charge in [-0.25, -0.2) is 4.98 Å². The van der Waals surface area contributed by atoms with E-state index in [1.807, 2.05) is 47.0 Å².